The topological polar surface area (TPSA) is 92.7 Å². The first-order valence-corrected chi connectivity index (χ1v) is 11.2. The molecule has 0 bridgehead atoms. The van der Waals surface area contributed by atoms with Crippen LogP contribution in [-0.4, -0.2) is 31.4 Å². The lowest BCUT2D eigenvalue weighted by Crippen LogP contribution is -2.32. The molecule has 5 rings (SSSR count). The first-order chi connectivity index (χ1) is 15.2. The summed E-state index contributed by atoms with van der Waals surface area (Å²) in [5, 5.41) is 8.25. The van der Waals surface area contributed by atoms with Crippen molar-refractivity contribution in [2.75, 3.05) is 5.75 Å². The number of amides is 1. The molecule has 0 unspecified atom stereocenters. The average molecular weight is 432 g/mol. The van der Waals surface area contributed by atoms with Gasteiger partial charge in [-0.15, -0.1) is 0 Å². The van der Waals surface area contributed by atoms with Crippen molar-refractivity contribution in [3.8, 4) is 5.69 Å². The number of aryl methyl sites for hydroxylation is 1. The number of benzene rings is 2. The maximum Gasteiger partial charge on any atom is 0.262 e. The van der Waals surface area contributed by atoms with Crippen molar-refractivity contribution in [2.24, 2.45) is 0 Å². The number of fused-ring (bicyclic) bond motifs is 2. The van der Waals surface area contributed by atoms with Crippen LogP contribution in [0.15, 0.2) is 70.7 Å². The van der Waals surface area contributed by atoms with Gasteiger partial charge in [0.2, 0.25) is 5.91 Å². The number of H-pyrrole nitrogens is 1. The van der Waals surface area contributed by atoms with Crippen LogP contribution in [0.2, 0.25) is 0 Å². The monoisotopic (exact) mass is 431 g/mol. The van der Waals surface area contributed by atoms with Crippen LogP contribution in [0.4, 0.5) is 0 Å². The number of hydrogen-bond donors (Lipinski definition) is 2. The number of aromatic nitrogens is 4. The van der Waals surface area contributed by atoms with Crippen molar-refractivity contribution in [1.82, 2.24) is 25.1 Å². The van der Waals surface area contributed by atoms with Gasteiger partial charge in [0.25, 0.3) is 5.56 Å². The van der Waals surface area contributed by atoms with E-state index in [1.54, 1.807) is 4.68 Å². The Morgan fingerprint density at radius 3 is 2.84 bits per heavy atom. The number of rotatable bonds is 5. The van der Waals surface area contributed by atoms with Crippen molar-refractivity contribution < 1.29 is 4.79 Å². The molecule has 0 saturated carbocycles. The van der Waals surface area contributed by atoms with Gasteiger partial charge in [-0.2, -0.15) is 5.10 Å². The fourth-order valence-electron chi connectivity index (χ4n) is 4.00. The number of carbonyl (C=O) groups excluding carboxylic acids is 1. The minimum Gasteiger partial charge on any atom is -0.349 e. The lowest BCUT2D eigenvalue weighted by atomic mass is 9.88. The quantitative estimate of drug-likeness (QED) is 0.373. The van der Waals surface area contributed by atoms with Crippen LogP contribution in [0, 0.1) is 0 Å². The van der Waals surface area contributed by atoms with Crippen molar-refractivity contribution >= 4 is 28.7 Å². The molecular weight excluding hydrogens is 410 g/mol. The molecule has 2 aromatic heterocycles. The maximum atomic E-state index is 12.6. The molecular formula is C23H21N5O2S. The maximum absolute atomic E-state index is 12.6. The van der Waals surface area contributed by atoms with Crippen LogP contribution in [-0.2, 0) is 11.2 Å². The first kappa shape index (κ1) is 19.6. The van der Waals surface area contributed by atoms with E-state index < -0.39 is 0 Å². The van der Waals surface area contributed by atoms with Crippen molar-refractivity contribution in [3.63, 3.8) is 0 Å². The van der Waals surface area contributed by atoms with E-state index in [1.807, 2.05) is 42.5 Å². The van der Waals surface area contributed by atoms with Crippen LogP contribution < -0.4 is 10.9 Å². The van der Waals surface area contributed by atoms with E-state index in [2.05, 4.69) is 32.5 Å². The third-order valence-electron chi connectivity index (χ3n) is 5.46. The van der Waals surface area contributed by atoms with E-state index in [-0.39, 0.29) is 23.3 Å². The Hall–Kier alpha value is -3.39. The molecule has 1 atom stereocenters. The highest BCUT2D eigenvalue weighted by molar-refractivity contribution is 7.99. The second-order valence-electron chi connectivity index (χ2n) is 7.50. The lowest BCUT2D eigenvalue weighted by molar-refractivity contribution is -0.119. The number of para-hydroxylation sites is 1. The lowest BCUT2D eigenvalue weighted by Gasteiger charge is -2.26. The zero-order chi connectivity index (χ0) is 21.2. The van der Waals surface area contributed by atoms with Gasteiger partial charge in [0.15, 0.2) is 10.8 Å². The molecule has 0 saturated heterocycles. The van der Waals surface area contributed by atoms with E-state index >= 15 is 0 Å². The van der Waals surface area contributed by atoms with E-state index in [4.69, 9.17) is 0 Å². The molecule has 1 aliphatic carbocycles. The average Bonchev–Trinajstić information content (AvgIpc) is 3.23. The SMILES string of the molecule is O=C(CSc1nc2c(cnn2-c2ccccc2)c(=O)[nH]1)N[C@H]1CCCc2ccccc21. The minimum atomic E-state index is -0.267. The van der Waals surface area contributed by atoms with Crippen LogP contribution in [0.25, 0.3) is 16.7 Å². The van der Waals surface area contributed by atoms with E-state index in [0.29, 0.717) is 16.2 Å². The summed E-state index contributed by atoms with van der Waals surface area (Å²) < 4.78 is 1.63. The number of carbonyl (C=O) groups is 1. The summed E-state index contributed by atoms with van der Waals surface area (Å²) in [5.74, 6) is 0.0954. The van der Waals surface area contributed by atoms with Gasteiger partial charge < -0.3 is 10.3 Å². The third kappa shape index (κ3) is 3.98. The first-order valence-electron chi connectivity index (χ1n) is 10.2. The third-order valence-corrected chi connectivity index (χ3v) is 6.34. The molecule has 7 nitrogen and oxygen atoms in total. The van der Waals surface area contributed by atoms with E-state index in [0.717, 1.165) is 24.9 Å². The van der Waals surface area contributed by atoms with Crippen molar-refractivity contribution in [2.45, 2.75) is 30.5 Å². The molecule has 2 N–H and O–H groups in total. The van der Waals surface area contributed by atoms with Crippen LogP contribution in [0.3, 0.4) is 0 Å². The van der Waals surface area contributed by atoms with E-state index in [9.17, 15) is 9.59 Å². The molecule has 0 fully saturated rings. The van der Waals surface area contributed by atoms with Gasteiger partial charge in [0.1, 0.15) is 5.39 Å². The molecule has 156 valence electrons. The van der Waals surface area contributed by atoms with Crippen LogP contribution >= 0.6 is 11.8 Å². The standard InChI is InChI=1S/C23H21N5O2S/c29-20(25-19-12-6-8-15-7-4-5-11-17(15)19)14-31-23-26-21-18(22(30)27-23)13-24-28(21)16-9-2-1-3-10-16/h1-5,7,9-11,13,19H,6,8,12,14H2,(H,25,29)(H,26,27,30)/t19-/m0/s1. The normalized spacial score (nSPS) is 15.5. The molecule has 8 heteroatoms. The van der Waals surface area contributed by atoms with Crippen molar-refractivity contribution in [1.29, 1.82) is 0 Å². The van der Waals surface area contributed by atoms with Gasteiger partial charge in [-0.1, -0.05) is 54.2 Å². The Kier molecular flexibility index (Phi) is 5.30. The summed E-state index contributed by atoms with van der Waals surface area (Å²) in [6.07, 6.45) is 4.56. The number of nitrogens with zero attached hydrogens (tertiary/aromatic N) is 3. The van der Waals surface area contributed by atoms with Crippen LogP contribution in [0.1, 0.15) is 30.0 Å². The minimum absolute atomic E-state index is 0.0343. The zero-order valence-corrected chi connectivity index (χ0v) is 17.6. The van der Waals surface area contributed by atoms with Crippen LogP contribution in [0.5, 0.6) is 0 Å². The number of aromatic amines is 1. The fourth-order valence-corrected chi connectivity index (χ4v) is 4.67. The molecule has 1 amide bonds. The molecule has 0 spiro atoms. The molecule has 2 aromatic carbocycles. The summed E-state index contributed by atoms with van der Waals surface area (Å²) in [4.78, 5) is 32.4. The predicted molar refractivity (Wildman–Crippen MR) is 120 cm³/mol. The summed E-state index contributed by atoms with van der Waals surface area (Å²) in [5.41, 5.74) is 3.53. The molecule has 0 aliphatic heterocycles. The summed E-state index contributed by atoms with van der Waals surface area (Å²) in [7, 11) is 0. The van der Waals surface area contributed by atoms with Gasteiger partial charge in [0.05, 0.1) is 23.7 Å². The molecule has 31 heavy (non-hydrogen) atoms. The second-order valence-corrected chi connectivity index (χ2v) is 8.46. The smallest absolute Gasteiger partial charge is 0.262 e. The largest absolute Gasteiger partial charge is 0.349 e. The Morgan fingerprint density at radius 1 is 1.16 bits per heavy atom. The summed E-state index contributed by atoms with van der Waals surface area (Å²) in [6, 6.07) is 17.8. The zero-order valence-electron chi connectivity index (χ0n) is 16.7. The molecule has 2 heterocycles. The number of hydrogen-bond acceptors (Lipinski definition) is 5. The van der Waals surface area contributed by atoms with Gasteiger partial charge in [0, 0.05) is 0 Å². The Balaban J connectivity index is 1.32. The van der Waals surface area contributed by atoms with Gasteiger partial charge in [-0.05, 0) is 42.5 Å². The van der Waals surface area contributed by atoms with Gasteiger partial charge in [-0.25, -0.2) is 9.67 Å². The fraction of sp³-hybridized carbons (Fsp3) is 0.217. The highest BCUT2D eigenvalue weighted by Crippen LogP contribution is 2.29. The Bertz CT molecular complexity index is 1300. The Labute approximate surface area is 182 Å². The predicted octanol–water partition coefficient (Wildman–Crippen LogP) is 3.39. The molecule has 4 aromatic rings. The van der Waals surface area contributed by atoms with Gasteiger partial charge >= 0.3 is 0 Å². The number of nitrogens with one attached hydrogen (secondary N) is 2. The van der Waals surface area contributed by atoms with Gasteiger partial charge in [-0.3, -0.25) is 9.59 Å². The Morgan fingerprint density at radius 2 is 1.97 bits per heavy atom. The molecule has 0 radical (unpaired) electrons. The van der Waals surface area contributed by atoms with Crippen molar-refractivity contribution in [3.05, 3.63) is 82.3 Å². The molecule has 1 aliphatic rings. The highest BCUT2D eigenvalue weighted by Gasteiger charge is 2.21. The highest BCUT2D eigenvalue weighted by atomic mass is 32.2. The summed E-state index contributed by atoms with van der Waals surface area (Å²) >= 11 is 1.21. The number of thioether (sulfide) groups is 1. The summed E-state index contributed by atoms with van der Waals surface area (Å²) in [6.45, 7) is 0. The second kappa shape index (κ2) is 8.39. The van der Waals surface area contributed by atoms with E-state index in [1.165, 1.54) is 29.1 Å².